The Kier molecular flexibility index (Phi) is 25.1. The molecule has 0 aliphatic carbocycles. The molecule has 2 aromatic rings. The second-order valence-corrected chi connectivity index (χ2v) is 9.31. The van der Waals surface area contributed by atoms with E-state index in [9.17, 15) is 0 Å². The molecule has 6 heteroatoms. The summed E-state index contributed by atoms with van der Waals surface area (Å²) in [5.74, 6) is 0. The first-order chi connectivity index (χ1) is 17.0. The summed E-state index contributed by atoms with van der Waals surface area (Å²) in [7, 11) is 0. The zero-order valence-corrected chi connectivity index (χ0v) is 25.7. The summed E-state index contributed by atoms with van der Waals surface area (Å²) >= 11 is 6.86. The van der Waals surface area contributed by atoms with E-state index in [4.69, 9.17) is 15.1 Å². The zero-order chi connectivity index (χ0) is 27.0. The summed E-state index contributed by atoms with van der Waals surface area (Å²) in [4.78, 5) is 0. The quantitative estimate of drug-likeness (QED) is 0.193. The standard InChI is InChI=1S/C12H14BrNO2.C9H11BrO.C4H10.2C2H6/c13-11-3-1-2-10(8-11)12(9-14-15)4-6-16-7-5-12;10-9-5-1-3-8(7-9)4-2-6-11;1-3-4-2;2*1-2/h1-3,8-9,15H,4-7H2;1,3,5,7,11H,2,4,6H2;3-4H2,1-2H3;2*1-2H3/b14-9+;;;;. The molecular weight excluding hydrogens is 570 g/mol. The van der Waals surface area contributed by atoms with Crippen molar-refractivity contribution in [1.29, 1.82) is 0 Å². The molecule has 0 atom stereocenters. The first-order valence-corrected chi connectivity index (χ1v) is 14.5. The van der Waals surface area contributed by atoms with Crippen molar-refractivity contribution in [2.75, 3.05) is 19.8 Å². The fraction of sp³-hybridized carbons (Fsp3) is 0.552. The normalized spacial score (nSPS) is 13.5. The third kappa shape index (κ3) is 16.2. The molecule has 200 valence electrons. The average molecular weight is 618 g/mol. The van der Waals surface area contributed by atoms with Crippen molar-refractivity contribution in [2.45, 2.75) is 85.5 Å². The average Bonchev–Trinajstić information content (AvgIpc) is 2.91. The van der Waals surface area contributed by atoms with Crippen LogP contribution in [0, 0.1) is 0 Å². The molecule has 2 N–H and O–H groups in total. The molecule has 35 heavy (non-hydrogen) atoms. The van der Waals surface area contributed by atoms with Crippen molar-refractivity contribution in [3.8, 4) is 0 Å². The smallest absolute Gasteiger partial charge is 0.0543 e. The molecule has 1 saturated heterocycles. The van der Waals surface area contributed by atoms with E-state index in [1.165, 1.54) is 24.0 Å². The third-order valence-corrected chi connectivity index (χ3v) is 6.09. The van der Waals surface area contributed by atoms with Gasteiger partial charge in [-0.3, -0.25) is 0 Å². The van der Waals surface area contributed by atoms with Crippen molar-refractivity contribution in [1.82, 2.24) is 0 Å². The van der Waals surface area contributed by atoms with E-state index in [1.807, 2.05) is 52.0 Å². The summed E-state index contributed by atoms with van der Waals surface area (Å²) in [6.07, 6.45) is 7.78. The Labute approximate surface area is 231 Å². The second-order valence-electron chi connectivity index (χ2n) is 7.48. The number of nitrogens with zero attached hydrogens (tertiary/aromatic N) is 1. The molecule has 0 aromatic heterocycles. The highest BCUT2D eigenvalue weighted by Gasteiger charge is 2.33. The van der Waals surface area contributed by atoms with Crippen LogP contribution in [0.15, 0.2) is 62.6 Å². The van der Waals surface area contributed by atoms with Gasteiger partial charge in [-0.1, -0.05) is 111 Å². The Morgan fingerprint density at radius 3 is 1.91 bits per heavy atom. The highest BCUT2D eigenvalue weighted by Crippen LogP contribution is 2.34. The molecule has 0 spiro atoms. The monoisotopic (exact) mass is 615 g/mol. The van der Waals surface area contributed by atoms with Gasteiger partial charge in [0.1, 0.15) is 0 Å². The van der Waals surface area contributed by atoms with E-state index in [0.29, 0.717) is 13.2 Å². The van der Waals surface area contributed by atoms with Gasteiger partial charge in [0, 0.05) is 34.2 Å². The second kappa shape index (κ2) is 24.5. The predicted octanol–water partition coefficient (Wildman–Crippen LogP) is 9.19. The van der Waals surface area contributed by atoms with Crippen molar-refractivity contribution in [2.24, 2.45) is 5.16 Å². The fourth-order valence-corrected chi connectivity index (χ4v) is 3.96. The lowest BCUT2D eigenvalue weighted by Gasteiger charge is -2.33. The molecule has 1 aliphatic rings. The maximum Gasteiger partial charge on any atom is 0.0543 e. The van der Waals surface area contributed by atoms with Crippen molar-refractivity contribution in [3.63, 3.8) is 0 Å². The van der Waals surface area contributed by atoms with Gasteiger partial charge in [-0.25, -0.2) is 0 Å². The Bertz CT molecular complexity index is 761. The Morgan fingerprint density at radius 2 is 1.46 bits per heavy atom. The van der Waals surface area contributed by atoms with Crippen LogP contribution in [0.2, 0.25) is 0 Å². The maximum atomic E-state index is 8.83. The van der Waals surface area contributed by atoms with Crippen LogP contribution in [0.3, 0.4) is 0 Å². The lowest BCUT2D eigenvalue weighted by atomic mass is 9.75. The molecule has 3 rings (SSSR count). The van der Waals surface area contributed by atoms with Gasteiger partial charge in [0.05, 0.1) is 6.21 Å². The van der Waals surface area contributed by atoms with Crippen molar-refractivity contribution >= 4 is 38.1 Å². The SMILES string of the molecule is CC.CC.CCCC.O/N=C/C1(c2cccc(Br)c2)CCOCC1.OCCCc1cccc(Br)c1. The highest BCUT2D eigenvalue weighted by atomic mass is 79.9. The topological polar surface area (TPSA) is 62.1 Å². The minimum absolute atomic E-state index is 0.184. The first kappa shape index (κ1) is 35.9. The minimum Gasteiger partial charge on any atom is -0.411 e. The maximum absolute atomic E-state index is 8.83. The summed E-state index contributed by atoms with van der Waals surface area (Å²) < 4.78 is 7.52. The number of oxime groups is 1. The van der Waals surface area contributed by atoms with Crippen molar-refractivity contribution < 1.29 is 15.1 Å². The number of aliphatic hydroxyl groups excluding tert-OH is 1. The van der Waals surface area contributed by atoms with Crippen LogP contribution in [0.25, 0.3) is 0 Å². The van der Waals surface area contributed by atoms with Crippen LogP contribution >= 0.6 is 31.9 Å². The number of rotatable bonds is 6. The van der Waals surface area contributed by atoms with Crippen LogP contribution in [-0.2, 0) is 16.6 Å². The van der Waals surface area contributed by atoms with Crippen LogP contribution < -0.4 is 0 Å². The molecule has 1 fully saturated rings. The van der Waals surface area contributed by atoms with Crippen LogP contribution in [0.1, 0.15) is 84.8 Å². The van der Waals surface area contributed by atoms with Gasteiger partial charge in [0.2, 0.25) is 0 Å². The number of unbranched alkanes of at least 4 members (excludes halogenated alkanes) is 1. The van der Waals surface area contributed by atoms with E-state index in [0.717, 1.165) is 34.6 Å². The molecule has 0 bridgehead atoms. The van der Waals surface area contributed by atoms with Gasteiger partial charge in [0.25, 0.3) is 0 Å². The molecule has 2 aromatic carbocycles. The number of hydrogen-bond donors (Lipinski definition) is 2. The van der Waals surface area contributed by atoms with Crippen LogP contribution in [0.5, 0.6) is 0 Å². The number of halogens is 2. The van der Waals surface area contributed by atoms with E-state index in [1.54, 1.807) is 6.21 Å². The molecule has 1 heterocycles. The summed E-state index contributed by atoms with van der Waals surface area (Å²) in [5, 5.41) is 20.7. The van der Waals surface area contributed by atoms with Gasteiger partial charge >= 0.3 is 0 Å². The number of hydrogen-bond acceptors (Lipinski definition) is 4. The van der Waals surface area contributed by atoms with Crippen molar-refractivity contribution in [3.05, 3.63) is 68.6 Å². The third-order valence-electron chi connectivity index (χ3n) is 5.10. The molecule has 1 aliphatic heterocycles. The zero-order valence-electron chi connectivity index (χ0n) is 22.6. The lowest BCUT2D eigenvalue weighted by molar-refractivity contribution is 0.0713. The number of benzene rings is 2. The van der Waals surface area contributed by atoms with Crippen LogP contribution in [-0.4, -0.2) is 36.3 Å². The van der Waals surface area contributed by atoms with Crippen LogP contribution in [0.4, 0.5) is 0 Å². The first-order valence-electron chi connectivity index (χ1n) is 12.9. The predicted molar refractivity (Wildman–Crippen MR) is 159 cm³/mol. The highest BCUT2D eigenvalue weighted by molar-refractivity contribution is 9.10. The van der Waals surface area contributed by atoms with Gasteiger partial charge in [-0.05, 0) is 61.1 Å². The molecule has 0 radical (unpaired) electrons. The molecule has 0 unspecified atom stereocenters. The Hall–Kier alpha value is -1.21. The molecule has 4 nitrogen and oxygen atoms in total. The summed E-state index contributed by atoms with van der Waals surface area (Å²) in [6.45, 7) is 14.0. The fourth-order valence-electron chi connectivity index (χ4n) is 3.11. The minimum atomic E-state index is -0.184. The number of ether oxygens (including phenoxy) is 1. The van der Waals surface area contributed by atoms with E-state index >= 15 is 0 Å². The molecule has 0 amide bonds. The number of aryl methyl sites for hydroxylation is 1. The van der Waals surface area contributed by atoms with Gasteiger partial charge in [0.15, 0.2) is 0 Å². The number of aliphatic hydroxyl groups is 1. The van der Waals surface area contributed by atoms with E-state index < -0.39 is 0 Å². The lowest BCUT2D eigenvalue weighted by Crippen LogP contribution is -2.35. The summed E-state index contributed by atoms with van der Waals surface area (Å²) in [6, 6.07) is 16.3. The summed E-state index contributed by atoms with van der Waals surface area (Å²) in [5.41, 5.74) is 2.26. The van der Waals surface area contributed by atoms with E-state index in [-0.39, 0.29) is 12.0 Å². The Balaban J connectivity index is 0. The van der Waals surface area contributed by atoms with Gasteiger partial charge in [-0.15, -0.1) is 5.16 Å². The van der Waals surface area contributed by atoms with Gasteiger partial charge in [-0.2, -0.15) is 0 Å². The molecular formula is C29H47Br2NO3. The Morgan fingerprint density at radius 1 is 0.914 bits per heavy atom. The largest absolute Gasteiger partial charge is 0.411 e. The van der Waals surface area contributed by atoms with Gasteiger partial charge < -0.3 is 15.1 Å². The molecule has 0 saturated carbocycles. The van der Waals surface area contributed by atoms with E-state index in [2.05, 4.69) is 75.1 Å².